The van der Waals surface area contributed by atoms with Gasteiger partial charge in [-0.15, -0.1) is 0 Å². The molecule has 30 heavy (non-hydrogen) atoms. The van der Waals surface area contributed by atoms with Crippen molar-refractivity contribution in [2.24, 2.45) is 5.73 Å². The van der Waals surface area contributed by atoms with Crippen molar-refractivity contribution in [3.05, 3.63) is 95.6 Å². The van der Waals surface area contributed by atoms with Gasteiger partial charge in [-0.25, -0.2) is 9.78 Å². The summed E-state index contributed by atoms with van der Waals surface area (Å²) < 4.78 is 11.2. The Kier molecular flexibility index (Phi) is 5.81. The van der Waals surface area contributed by atoms with E-state index in [1.165, 1.54) is 11.8 Å². The van der Waals surface area contributed by atoms with Gasteiger partial charge in [0.1, 0.15) is 5.52 Å². The molecule has 1 aromatic heterocycles. The second-order valence-corrected chi connectivity index (χ2v) is 7.42. The van der Waals surface area contributed by atoms with Gasteiger partial charge in [-0.1, -0.05) is 72.4 Å². The number of ether oxygens (including phenoxy) is 1. The highest BCUT2D eigenvalue weighted by atomic mass is 32.2. The first kappa shape index (κ1) is 19.7. The summed E-state index contributed by atoms with van der Waals surface area (Å²) in [5.41, 5.74) is 8.58. The molecule has 1 heterocycles. The van der Waals surface area contributed by atoms with Crippen LogP contribution in [0.1, 0.15) is 27.6 Å². The molecule has 0 spiro atoms. The number of rotatable bonds is 7. The number of oxazole rings is 1. The zero-order valence-electron chi connectivity index (χ0n) is 15.9. The molecule has 0 aliphatic rings. The number of carbonyl (C=O) groups is 2. The summed E-state index contributed by atoms with van der Waals surface area (Å²) in [5, 5.41) is 0.513. The third kappa shape index (κ3) is 4.36. The van der Waals surface area contributed by atoms with Crippen LogP contribution in [-0.2, 0) is 15.3 Å². The fourth-order valence-corrected chi connectivity index (χ4v) is 3.83. The van der Waals surface area contributed by atoms with Crippen LogP contribution in [0.2, 0.25) is 0 Å². The smallest absolute Gasteiger partial charge is 0.339 e. The van der Waals surface area contributed by atoms with E-state index in [1.807, 2.05) is 42.5 Å². The molecule has 4 aromatic rings. The highest BCUT2D eigenvalue weighted by molar-refractivity contribution is 7.98. The number of fused-ring (bicyclic) bond motifs is 1. The molecule has 150 valence electrons. The van der Waals surface area contributed by atoms with Crippen LogP contribution in [0.5, 0.6) is 0 Å². The molecular formula is C23H18N2O4S. The molecule has 3 aromatic carbocycles. The number of hydrogen-bond acceptors (Lipinski definition) is 6. The fourth-order valence-electron chi connectivity index (χ4n) is 2.99. The van der Waals surface area contributed by atoms with Crippen LogP contribution in [0, 0.1) is 0 Å². The Balaban J connectivity index is 1.51. The van der Waals surface area contributed by atoms with Gasteiger partial charge in [-0.2, -0.15) is 0 Å². The van der Waals surface area contributed by atoms with E-state index in [9.17, 15) is 9.59 Å². The molecule has 7 heteroatoms. The van der Waals surface area contributed by atoms with Crippen molar-refractivity contribution in [2.75, 3.05) is 0 Å². The lowest BCUT2D eigenvalue weighted by Crippen LogP contribution is -2.26. The van der Waals surface area contributed by atoms with Gasteiger partial charge < -0.3 is 14.9 Å². The van der Waals surface area contributed by atoms with E-state index in [2.05, 4.69) is 4.98 Å². The Hall–Kier alpha value is -3.58. The zero-order valence-corrected chi connectivity index (χ0v) is 16.7. The summed E-state index contributed by atoms with van der Waals surface area (Å²) in [4.78, 5) is 29.1. The average Bonchev–Trinajstić information content (AvgIpc) is 3.19. The molecule has 6 nitrogen and oxygen atoms in total. The molecule has 0 radical (unpaired) electrons. The molecule has 0 saturated heterocycles. The number of nitrogens with two attached hydrogens (primary N) is 1. The normalized spacial score (nSPS) is 11.9. The minimum absolute atomic E-state index is 0.364. The van der Waals surface area contributed by atoms with Crippen molar-refractivity contribution >= 4 is 34.7 Å². The van der Waals surface area contributed by atoms with Gasteiger partial charge in [0.2, 0.25) is 6.10 Å². The monoisotopic (exact) mass is 418 g/mol. The topological polar surface area (TPSA) is 95.4 Å². The SMILES string of the molecule is NC(=O)C(OC(=O)c1ccccc1CSc1nc2ccccc2o1)c1ccccc1. The molecular weight excluding hydrogens is 400 g/mol. The molecule has 0 aliphatic heterocycles. The van der Waals surface area contributed by atoms with Gasteiger partial charge in [0.15, 0.2) is 5.58 Å². The van der Waals surface area contributed by atoms with Crippen LogP contribution in [-0.4, -0.2) is 16.9 Å². The number of thioether (sulfide) groups is 1. The van der Waals surface area contributed by atoms with Crippen LogP contribution in [0.4, 0.5) is 0 Å². The molecule has 4 rings (SSSR count). The van der Waals surface area contributed by atoms with Crippen LogP contribution in [0.25, 0.3) is 11.1 Å². The van der Waals surface area contributed by atoms with Gasteiger partial charge in [0.05, 0.1) is 5.56 Å². The number of primary amides is 1. The number of amides is 1. The Morgan fingerprint density at radius 2 is 1.67 bits per heavy atom. The van der Waals surface area contributed by atoms with Gasteiger partial charge in [-0.05, 0) is 23.8 Å². The van der Waals surface area contributed by atoms with E-state index in [0.717, 1.165) is 11.1 Å². The van der Waals surface area contributed by atoms with Crippen molar-refractivity contribution in [1.29, 1.82) is 0 Å². The number of benzene rings is 3. The van der Waals surface area contributed by atoms with Crippen LogP contribution in [0.15, 0.2) is 88.5 Å². The predicted molar refractivity (Wildman–Crippen MR) is 114 cm³/mol. The maximum atomic E-state index is 12.8. The maximum Gasteiger partial charge on any atom is 0.339 e. The van der Waals surface area contributed by atoms with Gasteiger partial charge in [0, 0.05) is 11.3 Å². The van der Waals surface area contributed by atoms with E-state index < -0.39 is 18.0 Å². The minimum atomic E-state index is -1.16. The van der Waals surface area contributed by atoms with Crippen molar-refractivity contribution in [3.8, 4) is 0 Å². The van der Waals surface area contributed by atoms with Crippen molar-refractivity contribution in [3.63, 3.8) is 0 Å². The Bertz CT molecular complexity index is 1160. The largest absolute Gasteiger partial charge is 0.444 e. The zero-order chi connectivity index (χ0) is 20.9. The van der Waals surface area contributed by atoms with E-state index in [-0.39, 0.29) is 0 Å². The van der Waals surface area contributed by atoms with Crippen LogP contribution in [0.3, 0.4) is 0 Å². The predicted octanol–water partition coefficient (Wildman–Crippen LogP) is 4.50. The Morgan fingerprint density at radius 1 is 0.967 bits per heavy atom. The third-order valence-electron chi connectivity index (χ3n) is 4.45. The highest BCUT2D eigenvalue weighted by Crippen LogP contribution is 2.28. The molecule has 0 aliphatic carbocycles. The lowest BCUT2D eigenvalue weighted by atomic mass is 10.1. The summed E-state index contributed by atoms with van der Waals surface area (Å²) in [6, 6.07) is 23.3. The molecule has 1 amide bonds. The van der Waals surface area contributed by atoms with Crippen LogP contribution >= 0.6 is 11.8 Å². The Morgan fingerprint density at radius 3 is 2.43 bits per heavy atom. The van der Waals surface area contributed by atoms with E-state index >= 15 is 0 Å². The second kappa shape index (κ2) is 8.84. The van der Waals surface area contributed by atoms with E-state index in [1.54, 1.807) is 36.4 Å². The summed E-state index contributed by atoms with van der Waals surface area (Å²) in [6.45, 7) is 0. The van der Waals surface area contributed by atoms with Gasteiger partial charge in [-0.3, -0.25) is 4.79 Å². The lowest BCUT2D eigenvalue weighted by molar-refractivity contribution is -0.127. The first-order valence-electron chi connectivity index (χ1n) is 9.23. The van der Waals surface area contributed by atoms with Gasteiger partial charge in [0.25, 0.3) is 11.1 Å². The maximum absolute atomic E-state index is 12.8. The number of para-hydroxylation sites is 2. The standard InChI is InChI=1S/C23H18N2O4S/c24-21(26)20(15-8-2-1-3-9-15)29-22(27)17-11-5-4-10-16(17)14-30-23-25-18-12-6-7-13-19(18)28-23/h1-13,20H,14H2,(H2,24,26). The van der Waals surface area contributed by atoms with Crippen molar-refractivity contribution < 1.29 is 18.7 Å². The first-order valence-corrected chi connectivity index (χ1v) is 10.2. The van der Waals surface area contributed by atoms with Crippen molar-refractivity contribution in [1.82, 2.24) is 4.98 Å². The average molecular weight is 418 g/mol. The molecule has 1 unspecified atom stereocenters. The molecule has 1 atom stereocenters. The number of hydrogen-bond donors (Lipinski definition) is 1. The molecule has 0 bridgehead atoms. The quantitative estimate of drug-likeness (QED) is 0.351. The third-order valence-corrected chi connectivity index (χ3v) is 5.33. The summed E-state index contributed by atoms with van der Waals surface area (Å²) in [7, 11) is 0. The summed E-state index contributed by atoms with van der Waals surface area (Å²) >= 11 is 1.38. The van der Waals surface area contributed by atoms with Gasteiger partial charge >= 0.3 is 5.97 Å². The van der Waals surface area contributed by atoms with E-state index in [0.29, 0.717) is 27.7 Å². The molecule has 0 fully saturated rings. The minimum Gasteiger partial charge on any atom is -0.444 e. The number of carbonyl (C=O) groups excluding carboxylic acids is 2. The van der Waals surface area contributed by atoms with Crippen molar-refractivity contribution in [2.45, 2.75) is 17.1 Å². The molecule has 2 N–H and O–H groups in total. The van der Waals surface area contributed by atoms with E-state index in [4.69, 9.17) is 14.9 Å². The number of aromatic nitrogens is 1. The van der Waals surface area contributed by atoms with Crippen LogP contribution < -0.4 is 5.73 Å². The molecule has 0 saturated carbocycles. The summed E-state index contributed by atoms with van der Waals surface area (Å²) in [6.07, 6.45) is -1.16. The Labute approximate surface area is 177 Å². The summed E-state index contributed by atoms with van der Waals surface area (Å²) in [5.74, 6) is -0.894. The first-order chi connectivity index (χ1) is 14.6. The highest BCUT2D eigenvalue weighted by Gasteiger charge is 2.24. The fraction of sp³-hybridized carbons (Fsp3) is 0.0870. The number of esters is 1. The second-order valence-electron chi connectivity index (χ2n) is 6.49. The lowest BCUT2D eigenvalue weighted by Gasteiger charge is -2.16. The number of nitrogens with zero attached hydrogens (tertiary/aromatic N) is 1.